The van der Waals surface area contributed by atoms with Crippen molar-refractivity contribution in [2.24, 2.45) is 11.7 Å². The van der Waals surface area contributed by atoms with E-state index in [2.05, 4.69) is 17.9 Å². The van der Waals surface area contributed by atoms with Gasteiger partial charge in [0.15, 0.2) is 0 Å². The van der Waals surface area contributed by atoms with Gasteiger partial charge < -0.3 is 10.6 Å². The number of nitrogens with two attached hydrogens (primary N) is 1. The Kier molecular flexibility index (Phi) is 7.66. The molecule has 1 aromatic heterocycles. The lowest BCUT2D eigenvalue weighted by molar-refractivity contribution is -0.132. The zero-order chi connectivity index (χ0) is 14.5. The molecule has 1 amide bonds. The summed E-state index contributed by atoms with van der Waals surface area (Å²) in [5, 5.41) is 2.05. The summed E-state index contributed by atoms with van der Waals surface area (Å²) in [5.74, 6) is 0.908. The summed E-state index contributed by atoms with van der Waals surface area (Å²) in [6, 6.07) is 4.45. The van der Waals surface area contributed by atoms with Crippen LogP contribution < -0.4 is 5.73 Å². The summed E-state index contributed by atoms with van der Waals surface area (Å²) in [6.45, 7) is 5.10. The molecule has 0 aromatic carbocycles. The molecule has 1 aromatic rings. The van der Waals surface area contributed by atoms with E-state index in [1.165, 1.54) is 11.3 Å². The van der Waals surface area contributed by atoms with E-state index < -0.39 is 0 Å². The number of likely N-dealkylation sites (tertiary alicyclic amines) is 1. The largest absolute Gasteiger partial charge is 0.340 e. The van der Waals surface area contributed by atoms with Crippen LogP contribution in [0, 0.1) is 5.92 Å². The number of carbonyl (C=O) groups excluding carboxylic acids is 1. The Labute approximate surface area is 137 Å². The molecule has 21 heavy (non-hydrogen) atoms. The third-order valence-electron chi connectivity index (χ3n) is 4.11. The van der Waals surface area contributed by atoms with Gasteiger partial charge in [0.25, 0.3) is 0 Å². The highest BCUT2D eigenvalue weighted by atomic mass is 35.5. The third-order valence-corrected chi connectivity index (χ3v) is 4.97. The van der Waals surface area contributed by atoms with Crippen LogP contribution in [0.1, 0.15) is 24.6 Å². The monoisotopic (exact) mass is 331 g/mol. The fourth-order valence-corrected chi connectivity index (χ4v) is 3.53. The van der Waals surface area contributed by atoms with Crippen molar-refractivity contribution >= 4 is 29.7 Å². The van der Waals surface area contributed by atoms with Crippen molar-refractivity contribution < 1.29 is 4.79 Å². The molecule has 120 valence electrons. The van der Waals surface area contributed by atoms with Gasteiger partial charge in [0, 0.05) is 24.5 Å². The van der Waals surface area contributed by atoms with Crippen LogP contribution in [0.4, 0.5) is 0 Å². The van der Waals surface area contributed by atoms with E-state index in [1.807, 2.05) is 23.4 Å². The SMILES string of the molecule is CC1CCN(CC(=O)N(C)Cc2cccs2)C(CN)C1.Cl. The molecule has 1 fully saturated rings. The summed E-state index contributed by atoms with van der Waals surface area (Å²) < 4.78 is 0. The van der Waals surface area contributed by atoms with Gasteiger partial charge >= 0.3 is 0 Å². The maximum atomic E-state index is 12.3. The second-order valence-corrected chi connectivity index (χ2v) is 6.85. The van der Waals surface area contributed by atoms with Crippen LogP contribution in [0.25, 0.3) is 0 Å². The Bertz CT molecular complexity index is 427. The Morgan fingerprint density at radius 3 is 2.95 bits per heavy atom. The van der Waals surface area contributed by atoms with Gasteiger partial charge in [0.2, 0.25) is 5.91 Å². The molecule has 2 N–H and O–H groups in total. The molecule has 0 spiro atoms. The van der Waals surface area contributed by atoms with E-state index >= 15 is 0 Å². The highest BCUT2D eigenvalue weighted by Crippen LogP contribution is 2.21. The van der Waals surface area contributed by atoms with E-state index in [1.54, 1.807) is 11.3 Å². The highest BCUT2D eigenvalue weighted by Gasteiger charge is 2.27. The lowest BCUT2D eigenvalue weighted by Gasteiger charge is -2.38. The zero-order valence-electron chi connectivity index (χ0n) is 12.8. The number of hydrogen-bond donors (Lipinski definition) is 1. The molecule has 2 rings (SSSR count). The molecule has 4 nitrogen and oxygen atoms in total. The summed E-state index contributed by atoms with van der Waals surface area (Å²) in [6.07, 6.45) is 2.27. The predicted molar refractivity (Wildman–Crippen MR) is 90.9 cm³/mol. The minimum Gasteiger partial charge on any atom is -0.340 e. The molecule has 0 aliphatic carbocycles. The van der Waals surface area contributed by atoms with Gasteiger partial charge in [0.05, 0.1) is 13.1 Å². The number of halogens is 1. The molecule has 1 saturated heterocycles. The maximum absolute atomic E-state index is 12.3. The number of piperidine rings is 1. The van der Waals surface area contributed by atoms with Crippen molar-refractivity contribution in [3.8, 4) is 0 Å². The van der Waals surface area contributed by atoms with E-state index in [-0.39, 0.29) is 18.3 Å². The van der Waals surface area contributed by atoms with Gasteiger partial charge in [-0.2, -0.15) is 0 Å². The first kappa shape index (κ1) is 18.4. The fourth-order valence-electron chi connectivity index (χ4n) is 2.77. The first-order valence-corrected chi connectivity index (χ1v) is 8.18. The van der Waals surface area contributed by atoms with Crippen LogP contribution in [0.3, 0.4) is 0 Å². The normalized spacial score (nSPS) is 22.6. The topological polar surface area (TPSA) is 49.6 Å². The Hall–Kier alpha value is -0.620. The number of hydrogen-bond acceptors (Lipinski definition) is 4. The lowest BCUT2D eigenvalue weighted by atomic mass is 9.92. The first-order chi connectivity index (χ1) is 9.60. The second kappa shape index (κ2) is 8.73. The lowest BCUT2D eigenvalue weighted by Crippen LogP contribution is -2.50. The molecule has 0 saturated carbocycles. The summed E-state index contributed by atoms with van der Waals surface area (Å²) in [7, 11) is 1.88. The molecule has 0 bridgehead atoms. The molecule has 2 unspecified atom stereocenters. The number of likely N-dealkylation sites (N-methyl/N-ethyl adjacent to an activating group) is 1. The van der Waals surface area contributed by atoms with Gasteiger partial charge in [-0.3, -0.25) is 9.69 Å². The minimum atomic E-state index is 0. The fraction of sp³-hybridized carbons (Fsp3) is 0.667. The standard InChI is InChI=1S/C15H25N3OS.ClH/c1-12-5-6-18(13(8-12)9-16)11-15(19)17(2)10-14-4-3-7-20-14;/h3-4,7,12-13H,5-6,8-11,16H2,1-2H3;1H. The van der Waals surface area contributed by atoms with Crippen LogP contribution in [0.2, 0.25) is 0 Å². The van der Waals surface area contributed by atoms with Gasteiger partial charge in [-0.1, -0.05) is 13.0 Å². The van der Waals surface area contributed by atoms with Crippen LogP contribution in [-0.4, -0.2) is 48.4 Å². The molecule has 6 heteroatoms. The number of thiophene rings is 1. The van der Waals surface area contributed by atoms with E-state index in [9.17, 15) is 4.79 Å². The average Bonchev–Trinajstić information content (AvgIpc) is 2.93. The average molecular weight is 332 g/mol. The Morgan fingerprint density at radius 1 is 1.57 bits per heavy atom. The van der Waals surface area contributed by atoms with E-state index in [0.717, 1.165) is 18.9 Å². The van der Waals surface area contributed by atoms with Gasteiger partial charge in [-0.05, 0) is 36.8 Å². The van der Waals surface area contributed by atoms with Crippen molar-refractivity contribution in [1.82, 2.24) is 9.80 Å². The van der Waals surface area contributed by atoms with Crippen molar-refractivity contribution in [3.63, 3.8) is 0 Å². The molecule has 0 radical (unpaired) electrons. The number of amides is 1. The van der Waals surface area contributed by atoms with Crippen LogP contribution in [0.5, 0.6) is 0 Å². The summed E-state index contributed by atoms with van der Waals surface area (Å²) >= 11 is 1.69. The summed E-state index contributed by atoms with van der Waals surface area (Å²) in [5.41, 5.74) is 5.85. The molecule has 1 aliphatic heterocycles. The number of rotatable bonds is 5. The third kappa shape index (κ3) is 5.25. The molecular weight excluding hydrogens is 306 g/mol. The first-order valence-electron chi connectivity index (χ1n) is 7.30. The Morgan fingerprint density at radius 2 is 2.33 bits per heavy atom. The van der Waals surface area contributed by atoms with Crippen LogP contribution >= 0.6 is 23.7 Å². The zero-order valence-corrected chi connectivity index (χ0v) is 14.5. The minimum absolute atomic E-state index is 0. The maximum Gasteiger partial charge on any atom is 0.236 e. The van der Waals surface area contributed by atoms with E-state index in [0.29, 0.717) is 25.7 Å². The van der Waals surface area contributed by atoms with E-state index in [4.69, 9.17) is 5.73 Å². The second-order valence-electron chi connectivity index (χ2n) is 5.82. The van der Waals surface area contributed by atoms with Gasteiger partial charge in [-0.25, -0.2) is 0 Å². The Balaban J connectivity index is 0.00000220. The smallest absolute Gasteiger partial charge is 0.236 e. The molecule has 1 aliphatic rings. The van der Waals surface area contributed by atoms with Crippen LogP contribution in [0.15, 0.2) is 17.5 Å². The van der Waals surface area contributed by atoms with Crippen molar-refractivity contribution in [1.29, 1.82) is 0 Å². The number of nitrogens with zero attached hydrogens (tertiary/aromatic N) is 2. The van der Waals surface area contributed by atoms with Crippen LogP contribution in [-0.2, 0) is 11.3 Å². The number of carbonyl (C=O) groups is 1. The van der Waals surface area contributed by atoms with Gasteiger partial charge in [-0.15, -0.1) is 23.7 Å². The van der Waals surface area contributed by atoms with Crippen molar-refractivity contribution in [2.45, 2.75) is 32.4 Å². The van der Waals surface area contributed by atoms with Gasteiger partial charge in [0.1, 0.15) is 0 Å². The predicted octanol–water partition coefficient (Wildman–Crippen LogP) is 2.19. The highest BCUT2D eigenvalue weighted by molar-refractivity contribution is 7.09. The van der Waals surface area contributed by atoms with Crippen molar-refractivity contribution in [3.05, 3.63) is 22.4 Å². The molecular formula is C15H26ClN3OS. The quantitative estimate of drug-likeness (QED) is 0.899. The van der Waals surface area contributed by atoms with Crippen molar-refractivity contribution in [2.75, 3.05) is 26.7 Å². The summed E-state index contributed by atoms with van der Waals surface area (Å²) in [4.78, 5) is 17.6. The molecule has 2 atom stereocenters. The molecule has 2 heterocycles.